The lowest BCUT2D eigenvalue weighted by molar-refractivity contribution is -0.120. The molecule has 114 valence electrons. The molecule has 4 nitrogen and oxygen atoms in total. The van der Waals surface area contributed by atoms with Crippen LogP contribution in [-0.2, 0) is 11.2 Å². The Kier molecular flexibility index (Phi) is 5.65. The first-order valence-corrected chi connectivity index (χ1v) is 6.99. The van der Waals surface area contributed by atoms with Gasteiger partial charge in [0.1, 0.15) is 5.82 Å². The van der Waals surface area contributed by atoms with E-state index >= 15 is 0 Å². The number of amides is 2. The van der Waals surface area contributed by atoms with Gasteiger partial charge in [0.05, 0.1) is 6.54 Å². The molecule has 0 unspecified atom stereocenters. The summed E-state index contributed by atoms with van der Waals surface area (Å²) >= 11 is 0. The van der Waals surface area contributed by atoms with Gasteiger partial charge in [0, 0.05) is 12.1 Å². The van der Waals surface area contributed by atoms with E-state index in [1.54, 1.807) is 0 Å². The van der Waals surface area contributed by atoms with Crippen LogP contribution in [0.2, 0.25) is 0 Å². The van der Waals surface area contributed by atoms with Crippen molar-refractivity contribution in [1.29, 1.82) is 0 Å². The maximum atomic E-state index is 13.0. The predicted molar refractivity (Wildman–Crippen MR) is 81.9 cm³/mol. The Morgan fingerprint density at radius 3 is 2.45 bits per heavy atom. The number of rotatable bonds is 6. The molecule has 0 radical (unpaired) electrons. The molecule has 0 saturated carbocycles. The van der Waals surface area contributed by atoms with E-state index < -0.39 is 11.7 Å². The SMILES string of the molecule is O=C(CNC(=O)c1cccc(F)c1)NCCc1ccccc1. The first-order valence-electron chi connectivity index (χ1n) is 6.99. The number of halogens is 1. The number of carbonyl (C=O) groups excluding carboxylic acids is 2. The molecule has 0 aliphatic carbocycles. The Hall–Kier alpha value is -2.69. The van der Waals surface area contributed by atoms with Gasteiger partial charge in [0.25, 0.3) is 5.91 Å². The second-order valence-corrected chi connectivity index (χ2v) is 4.78. The van der Waals surface area contributed by atoms with Crippen molar-refractivity contribution in [2.24, 2.45) is 0 Å². The molecule has 22 heavy (non-hydrogen) atoms. The van der Waals surface area contributed by atoms with E-state index in [-0.39, 0.29) is 18.0 Å². The Bertz CT molecular complexity index is 644. The summed E-state index contributed by atoms with van der Waals surface area (Å²) in [5, 5.41) is 5.18. The van der Waals surface area contributed by atoms with Crippen LogP contribution in [0.5, 0.6) is 0 Å². The van der Waals surface area contributed by atoms with Gasteiger partial charge in [-0.15, -0.1) is 0 Å². The summed E-state index contributed by atoms with van der Waals surface area (Å²) in [7, 11) is 0. The second-order valence-electron chi connectivity index (χ2n) is 4.78. The number of nitrogens with one attached hydrogen (secondary N) is 2. The highest BCUT2D eigenvalue weighted by molar-refractivity contribution is 5.96. The van der Waals surface area contributed by atoms with Crippen LogP contribution in [0.15, 0.2) is 54.6 Å². The third-order valence-electron chi connectivity index (χ3n) is 3.07. The zero-order valence-electron chi connectivity index (χ0n) is 12.0. The molecular weight excluding hydrogens is 283 g/mol. The highest BCUT2D eigenvalue weighted by Gasteiger charge is 2.08. The molecular formula is C17H17FN2O2. The summed E-state index contributed by atoms with van der Waals surface area (Å²) in [4.78, 5) is 23.4. The van der Waals surface area contributed by atoms with Crippen molar-refractivity contribution in [3.63, 3.8) is 0 Å². The summed E-state index contributed by atoms with van der Waals surface area (Å²) in [6, 6.07) is 15.1. The van der Waals surface area contributed by atoms with Gasteiger partial charge >= 0.3 is 0 Å². The average molecular weight is 300 g/mol. The van der Waals surface area contributed by atoms with Gasteiger partial charge in [-0.2, -0.15) is 0 Å². The van der Waals surface area contributed by atoms with Crippen LogP contribution in [0.4, 0.5) is 4.39 Å². The van der Waals surface area contributed by atoms with Gasteiger partial charge in [-0.25, -0.2) is 4.39 Å². The van der Waals surface area contributed by atoms with E-state index in [9.17, 15) is 14.0 Å². The van der Waals surface area contributed by atoms with E-state index in [1.807, 2.05) is 30.3 Å². The molecule has 0 atom stereocenters. The number of hydrogen-bond donors (Lipinski definition) is 2. The Morgan fingerprint density at radius 1 is 0.955 bits per heavy atom. The van der Waals surface area contributed by atoms with Crippen LogP contribution in [0.1, 0.15) is 15.9 Å². The van der Waals surface area contributed by atoms with Crippen molar-refractivity contribution in [2.45, 2.75) is 6.42 Å². The molecule has 0 aliphatic heterocycles. The minimum atomic E-state index is -0.486. The van der Waals surface area contributed by atoms with Crippen LogP contribution >= 0.6 is 0 Å². The third kappa shape index (κ3) is 5.01. The molecule has 0 aromatic heterocycles. The summed E-state index contributed by atoms with van der Waals surface area (Å²) in [6.07, 6.45) is 0.727. The quantitative estimate of drug-likeness (QED) is 0.856. The van der Waals surface area contributed by atoms with Gasteiger partial charge in [0.15, 0.2) is 0 Å². The molecule has 2 aromatic carbocycles. The first kappa shape index (κ1) is 15.7. The van der Waals surface area contributed by atoms with Crippen LogP contribution in [0, 0.1) is 5.82 Å². The fraction of sp³-hybridized carbons (Fsp3) is 0.176. The normalized spacial score (nSPS) is 10.0. The highest BCUT2D eigenvalue weighted by atomic mass is 19.1. The first-order chi connectivity index (χ1) is 10.6. The number of carbonyl (C=O) groups is 2. The molecule has 2 aromatic rings. The van der Waals surface area contributed by atoms with E-state index in [1.165, 1.54) is 18.2 Å². The lowest BCUT2D eigenvalue weighted by Gasteiger charge is -2.07. The lowest BCUT2D eigenvalue weighted by Crippen LogP contribution is -2.37. The maximum absolute atomic E-state index is 13.0. The Balaban J connectivity index is 1.70. The van der Waals surface area contributed by atoms with Crippen molar-refractivity contribution in [3.8, 4) is 0 Å². The molecule has 0 spiro atoms. The molecule has 0 aliphatic rings. The van der Waals surface area contributed by atoms with E-state index in [2.05, 4.69) is 10.6 Å². The van der Waals surface area contributed by atoms with Gasteiger partial charge in [0.2, 0.25) is 5.91 Å². The van der Waals surface area contributed by atoms with E-state index in [4.69, 9.17) is 0 Å². The molecule has 0 saturated heterocycles. The number of benzene rings is 2. The monoisotopic (exact) mass is 300 g/mol. The molecule has 2 N–H and O–H groups in total. The largest absolute Gasteiger partial charge is 0.354 e. The highest BCUT2D eigenvalue weighted by Crippen LogP contribution is 2.02. The van der Waals surface area contributed by atoms with Gasteiger partial charge < -0.3 is 10.6 Å². The van der Waals surface area contributed by atoms with Crippen molar-refractivity contribution in [3.05, 3.63) is 71.5 Å². The minimum Gasteiger partial charge on any atom is -0.354 e. The standard InChI is InChI=1S/C17H17FN2O2/c18-15-8-4-7-14(11-15)17(22)20-12-16(21)19-10-9-13-5-2-1-3-6-13/h1-8,11H,9-10,12H2,(H,19,21)(H,20,22). The predicted octanol–water partition coefficient (Wildman–Crippen LogP) is 1.91. The molecule has 2 rings (SSSR count). The Morgan fingerprint density at radius 2 is 1.73 bits per heavy atom. The van der Waals surface area contributed by atoms with Crippen LogP contribution < -0.4 is 10.6 Å². The zero-order valence-corrected chi connectivity index (χ0v) is 12.0. The van der Waals surface area contributed by atoms with Crippen LogP contribution in [0.25, 0.3) is 0 Å². The maximum Gasteiger partial charge on any atom is 0.251 e. The van der Waals surface area contributed by atoms with E-state index in [0.29, 0.717) is 6.54 Å². The minimum absolute atomic E-state index is 0.135. The summed E-state index contributed by atoms with van der Waals surface area (Å²) in [5.74, 6) is -1.24. The van der Waals surface area contributed by atoms with Crippen molar-refractivity contribution < 1.29 is 14.0 Å². The van der Waals surface area contributed by atoms with Gasteiger partial charge in [-0.3, -0.25) is 9.59 Å². The summed E-state index contributed by atoms with van der Waals surface area (Å²) < 4.78 is 13.0. The van der Waals surface area contributed by atoms with Crippen molar-refractivity contribution in [1.82, 2.24) is 10.6 Å². The van der Waals surface area contributed by atoms with Gasteiger partial charge in [-0.05, 0) is 30.2 Å². The second kappa shape index (κ2) is 7.93. The molecule has 0 heterocycles. The van der Waals surface area contributed by atoms with E-state index in [0.717, 1.165) is 18.1 Å². The fourth-order valence-electron chi connectivity index (χ4n) is 1.95. The third-order valence-corrected chi connectivity index (χ3v) is 3.07. The zero-order chi connectivity index (χ0) is 15.8. The fourth-order valence-corrected chi connectivity index (χ4v) is 1.95. The summed E-state index contributed by atoms with van der Waals surface area (Å²) in [5.41, 5.74) is 1.32. The van der Waals surface area contributed by atoms with Crippen LogP contribution in [-0.4, -0.2) is 24.9 Å². The van der Waals surface area contributed by atoms with Crippen LogP contribution in [0.3, 0.4) is 0 Å². The van der Waals surface area contributed by atoms with Crippen molar-refractivity contribution >= 4 is 11.8 Å². The molecule has 5 heteroatoms. The molecule has 0 bridgehead atoms. The molecule has 0 fully saturated rings. The molecule has 2 amide bonds. The smallest absolute Gasteiger partial charge is 0.251 e. The lowest BCUT2D eigenvalue weighted by atomic mass is 10.1. The van der Waals surface area contributed by atoms with Crippen molar-refractivity contribution in [2.75, 3.05) is 13.1 Å². The summed E-state index contributed by atoms with van der Waals surface area (Å²) in [6.45, 7) is 0.364. The topological polar surface area (TPSA) is 58.2 Å². The average Bonchev–Trinajstić information content (AvgIpc) is 2.53. The Labute approximate surface area is 128 Å². The number of hydrogen-bond acceptors (Lipinski definition) is 2. The van der Waals surface area contributed by atoms with Gasteiger partial charge in [-0.1, -0.05) is 36.4 Å².